The number of aliphatic carboxylic acids is 1. The third kappa shape index (κ3) is 5.32. The van der Waals surface area contributed by atoms with Crippen LogP contribution in [-0.4, -0.2) is 41.0 Å². The van der Waals surface area contributed by atoms with Gasteiger partial charge in [-0.25, -0.2) is 4.79 Å². The van der Waals surface area contributed by atoms with Crippen molar-refractivity contribution in [2.75, 3.05) is 12.8 Å². The number of carbonyl (C=O) groups is 2. The second kappa shape index (κ2) is 7.81. The van der Waals surface area contributed by atoms with Gasteiger partial charge in [-0.3, -0.25) is 4.79 Å². The van der Waals surface area contributed by atoms with Crippen LogP contribution >= 0.6 is 11.8 Å². The Bertz CT molecular complexity index is 433. The molecule has 0 spiro atoms. The van der Waals surface area contributed by atoms with Crippen molar-refractivity contribution in [3.05, 3.63) is 35.4 Å². The van der Waals surface area contributed by atoms with Crippen LogP contribution in [0.3, 0.4) is 0 Å². The zero-order valence-electron chi connectivity index (χ0n) is 10.6. The van der Waals surface area contributed by atoms with E-state index in [0.29, 0.717) is 5.56 Å². The van der Waals surface area contributed by atoms with Crippen molar-refractivity contribution in [3.8, 4) is 0 Å². The molecule has 1 aromatic carbocycles. The van der Waals surface area contributed by atoms with E-state index in [4.69, 9.17) is 10.2 Å². The molecule has 0 bridgehead atoms. The monoisotopic (exact) mass is 283 g/mol. The molecule has 3 N–H and O–H groups in total. The minimum atomic E-state index is -1.44. The molecular formula is C13H17NO4S. The molecule has 104 valence electrons. The molecule has 0 aliphatic heterocycles. The molecule has 0 aliphatic rings. The minimum absolute atomic E-state index is 0.00830. The van der Waals surface area contributed by atoms with Crippen molar-refractivity contribution in [1.82, 2.24) is 5.32 Å². The first-order valence-electron chi connectivity index (χ1n) is 5.81. The van der Waals surface area contributed by atoms with Crippen LogP contribution < -0.4 is 5.32 Å². The number of carboxylic acids is 1. The van der Waals surface area contributed by atoms with Gasteiger partial charge in [0.1, 0.15) is 0 Å². The van der Waals surface area contributed by atoms with Crippen LogP contribution in [-0.2, 0) is 10.5 Å². The van der Waals surface area contributed by atoms with Gasteiger partial charge in [-0.1, -0.05) is 12.1 Å². The number of thioether (sulfide) groups is 1. The smallest absolute Gasteiger partial charge is 0.332 e. The van der Waals surface area contributed by atoms with Gasteiger partial charge >= 0.3 is 5.97 Å². The van der Waals surface area contributed by atoms with Gasteiger partial charge in [0.15, 0.2) is 6.10 Å². The maximum absolute atomic E-state index is 11.7. The molecule has 6 heteroatoms. The predicted molar refractivity (Wildman–Crippen MR) is 74.3 cm³/mol. The van der Waals surface area contributed by atoms with Crippen molar-refractivity contribution in [2.45, 2.75) is 18.3 Å². The van der Waals surface area contributed by atoms with Gasteiger partial charge in [-0.05, 0) is 24.0 Å². The first kappa shape index (κ1) is 15.5. The molecule has 0 aliphatic carbocycles. The maximum Gasteiger partial charge on any atom is 0.332 e. The second-order valence-corrected chi connectivity index (χ2v) is 4.89. The largest absolute Gasteiger partial charge is 0.479 e. The van der Waals surface area contributed by atoms with Crippen LogP contribution in [0.4, 0.5) is 0 Å². The van der Waals surface area contributed by atoms with Gasteiger partial charge < -0.3 is 15.5 Å². The summed E-state index contributed by atoms with van der Waals surface area (Å²) in [5.74, 6) is -0.656. The van der Waals surface area contributed by atoms with E-state index in [1.807, 2.05) is 18.4 Å². The van der Waals surface area contributed by atoms with Crippen LogP contribution in [0.1, 0.15) is 22.3 Å². The Labute approximate surface area is 116 Å². The normalized spacial score (nSPS) is 11.9. The lowest BCUT2D eigenvalue weighted by Crippen LogP contribution is -2.30. The zero-order valence-corrected chi connectivity index (χ0v) is 11.4. The Morgan fingerprint density at radius 2 is 1.95 bits per heavy atom. The average Bonchev–Trinajstić information content (AvgIpc) is 2.39. The zero-order chi connectivity index (χ0) is 14.3. The summed E-state index contributed by atoms with van der Waals surface area (Å²) < 4.78 is 0. The van der Waals surface area contributed by atoms with E-state index in [1.165, 1.54) is 0 Å². The fraction of sp³-hybridized carbons (Fsp3) is 0.385. The number of carbonyl (C=O) groups excluding carboxylic acids is 1. The molecule has 1 rings (SSSR count). The lowest BCUT2D eigenvalue weighted by molar-refractivity contribution is -0.146. The Hall–Kier alpha value is -1.53. The number of carboxylic acid groups (broad SMARTS) is 1. The van der Waals surface area contributed by atoms with Gasteiger partial charge in [0, 0.05) is 24.3 Å². The Kier molecular flexibility index (Phi) is 6.38. The number of benzene rings is 1. The maximum atomic E-state index is 11.7. The summed E-state index contributed by atoms with van der Waals surface area (Å²) >= 11 is 1.70. The second-order valence-electron chi connectivity index (χ2n) is 4.03. The third-order valence-electron chi connectivity index (χ3n) is 2.52. The first-order chi connectivity index (χ1) is 9.04. The minimum Gasteiger partial charge on any atom is -0.479 e. The summed E-state index contributed by atoms with van der Waals surface area (Å²) in [6.07, 6.45) is 0.560. The van der Waals surface area contributed by atoms with Gasteiger partial charge in [-0.15, -0.1) is 0 Å². The lowest BCUT2D eigenvalue weighted by atomic mass is 10.1. The highest BCUT2D eigenvalue weighted by Crippen LogP contribution is 2.10. The van der Waals surface area contributed by atoms with E-state index in [0.717, 1.165) is 11.3 Å². The van der Waals surface area contributed by atoms with Crippen LogP contribution in [0.15, 0.2) is 24.3 Å². The SMILES string of the molecule is CSCc1ccc(C(=O)NCC[C@H](O)C(=O)O)cc1. The van der Waals surface area contributed by atoms with Crippen molar-refractivity contribution >= 4 is 23.6 Å². The Balaban J connectivity index is 2.43. The van der Waals surface area contributed by atoms with Gasteiger partial charge in [0.25, 0.3) is 5.91 Å². The third-order valence-corrected chi connectivity index (χ3v) is 3.14. The molecule has 1 aromatic rings. The van der Waals surface area contributed by atoms with Crippen LogP contribution in [0.5, 0.6) is 0 Å². The molecule has 0 saturated carbocycles. The Morgan fingerprint density at radius 1 is 1.32 bits per heavy atom. The predicted octanol–water partition coefficient (Wildman–Crippen LogP) is 1.11. The number of aliphatic hydroxyl groups is 1. The number of nitrogens with one attached hydrogen (secondary N) is 1. The average molecular weight is 283 g/mol. The van der Waals surface area contributed by atoms with Crippen LogP contribution in [0.25, 0.3) is 0 Å². The quantitative estimate of drug-likeness (QED) is 0.698. The van der Waals surface area contributed by atoms with Gasteiger partial charge in [0.2, 0.25) is 0 Å². The van der Waals surface area contributed by atoms with Gasteiger partial charge in [-0.2, -0.15) is 11.8 Å². The molecule has 1 amide bonds. The fourth-order valence-electron chi connectivity index (χ4n) is 1.47. The molecular weight excluding hydrogens is 266 g/mol. The standard InChI is InChI=1S/C13H17NO4S/c1-19-8-9-2-4-10(5-3-9)12(16)14-7-6-11(15)13(17)18/h2-5,11,15H,6-8H2,1H3,(H,14,16)(H,17,18)/t11-/m0/s1. The molecule has 0 aromatic heterocycles. The lowest BCUT2D eigenvalue weighted by Gasteiger charge is -2.07. The molecule has 19 heavy (non-hydrogen) atoms. The number of hydrogen-bond donors (Lipinski definition) is 3. The summed E-state index contributed by atoms with van der Waals surface area (Å²) in [6.45, 7) is 0.124. The van der Waals surface area contributed by atoms with E-state index >= 15 is 0 Å². The number of rotatable bonds is 7. The number of amides is 1. The van der Waals surface area contributed by atoms with Crippen LogP contribution in [0, 0.1) is 0 Å². The number of aliphatic hydroxyl groups excluding tert-OH is 1. The topological polar surface area (TPSA) is 86.6 Å². The van der Waals surface area contributed by atoms with Gasteiger partial charge in [0.05, 0.1) is 0 Å². The molecule has 5 nitrogen and oxygen atoms in total. The van der Waals surface area contributed by atoms with E-state index in [1.54, 1.807) is 23.9 Å². The van der Waals surface area contributed by atoms with E-state index < -0.39 is 12.1 Å². The molecule has 0 radical (unpaired) electrons. The van der Waals surface area contributed by atoms with E-state index in [9.17, 15) is 9.59 Å². The number of hydrogen-bond acceptors (Lipinski definition) is 4. The van der Waals surface area contributed by atoms with Crippen molar-refractivity contribution in [1.29, 1.82) is 0 Å². The van der Waals surface area contributed by atoms with Crippen molar-refractivity contribution < 1.29 is 19.8 Å². The van der Waals surface area contributed by atoms with Crippen LogP contribution in [0.2, 0.25) is 0 Å². The van der Waals surface area contributed by atoms with Crippen molar-refractivity contribution in [2.24, 2.45) is 0 Å². The van der Waals surface area contributed by atoms with E-state index in [2.05, 4.69) is 5.32 Å². The molecule has 1 atom stereocenters. The molecule has 0 heterocycles. The summed E-state index contributed by atoms with van der Waals surface area (Å²) in [6, 6.07) is 7.23. The van der Waals surface area contributed by atoms with E-state index in [-0.39, 0.29) is 18.9 Å². The highest BCUT2D eigenvalue weighted by atomic mass is 32.2. The Morgan fingerprint density at radius 3 is 2.47 bits per heavy atom. The fourth-order valence-corrected chi connectivity index (χ4v) is 1.99. The van der Waals surface area contributed by atoms with Crippen molar-refractivity contribution in [3.63, 3.8) is 0 Å². The summed E-state index contributed by atoms with van der Waals surface area (Å²) in [5.41, 5.74) is 1.67. The summed E-state index contributed by atoms with van der Waals surface area (Å²) in [7, 11) is 0. The summed E-state index contributed by atoms with van der Waals surface area (Å²) in [4.78, 5) is 22.1. The summed E-state index contributed by atoms with van der Waals surface area (Å²) in [5, 5.41) is 20.1. The molecule has 0 unspecified atom stereocenters. The first-order valence-corrected chi connectivity index (χ1v) is 7.21. The molecule has 0 saturated heterocycles. The highest BCUT2D eigenvalue weighted by Gasteiger charge is 2.13. The molecule has 0 fully saturated rings. The highest BCUT2D eigenvalue weighted by molar-refractivity contribution is 7.97.